The van der Waals surface area contributed by atoms with E-state index in [9.17, 15) is 14.4 Å². The zero-order valence-corrected chi connectivity index (χ0v) is 14.7. The number of hydrogen-bond donors (Lipinski definition) is 2. The maximum absolute atomic E-state index is 12.2. The third-order valence-electron chi connectivity index (χ3n) is 3.53. The molecule has 0 spiro atoms. The van der Waals surface area contributed by atoms with Crippen LogP contribution in [0.5, 0.6) is 0 Å². The van der Waals surface area contributed by atoms with Crippen LogP contribution in [0.4, 0.5) is 4.79 Å². The Balaban J connectivity index is 1.85. The smallest absolute Gasteiger partial charge is 0.410 e. The van der Waals surface area contributed by atoms with Gasteiger partial charge in [-0.1, -0.05) is 11.3 Å². The second-order valence-corrected chi connectivity index (χ2v) is 7.85. The molecule has 1 saturated heterocycles. The van der Waals surface area contributed by atoms with E-state index in [0.29, 0.717) is 36.5 Å². The number of aromatic amines is 1. The van der Waals surface area contributed by atoms with Gasteiger partial charge in [0.25, 0.3) is 5.91 Å². The molecule has 1 aromatic rings. The summed E-state index contributed by atoms with van der Waals surface area (Å²) in [6, 6.07) is -0.0102. The molecule has 0 atom stereocenters. The predicted octanol–water partition coefficient (Wildman–Crippen LogP) is 1.87. The Morgan fingerprint density at radius 3 is 2.39 bits per heavy atom. The van der Waals surface area contributed by atoms with Crippen LogP contribution in [0.25, 0.3) is 0 Å². The number of aromatic nitrogens is 1. The van der Waals surface area contributed by atoms with Gasteiger partial charge in [-0.25, -0.2) is 4.79 Å². The second kappa shape index (κ2) is 6.74. The summed E-state index contributed by atoms with van der Waals surface area (Å²) in [7, 11) is 0. The highest BCUT2D eigenvalue weighted by Crippen LogP contribution is 2.16. The van der Waals surface area contributed by atoms with Crippen LogP contribution in [-0.2, 0) is 4.74 Å². The lowest BCUT2D eigenvalue weighted by Gasteiger charge is -2.33. The number of hydrogen-bond acceptors (Lipinski definition) is 5. The summed E-state index contributed by atoms with van der Waals surface area (Å²) in [4.78, 5) is 40.1. The average Bonchev–Trinajstić information content (AvgIpc) is 2.76. The van der Waals surface area contributed by atoms with Crippen molar-refractivity contribution < 1.29 is 14.3 Å². The van der Waals surface area contributed by atoms with Crippen LogP contribution >= 0.6 is 11.3 Å². The molecule has 0 bridgehead atoms. The van der Waals surface area contributed by atoms with E-state index in [1.54, 1.807) is 11.8 Å². The monoisotopic (exact) mass is 341 g/mol. The van der Waals surface area contributed by atoms with Crippen LogP contribution in [0.2, 0.25) is 0 Å². The topological polar surface area (TPSA) is 91.5 Å². The van der Waals surface area contributed by atoms with Crippen molar-refractivity contribution in [1.29, 1.82) is 0 Å². The maximum Gasteiger partial charge on any atom is 0.410 e. The van der Waals surface area contributed by atoms with Crippen LogP contribution in [0.3, 0.4) is 0 Å². The minimum atomic E-state index is -0.509. The van der Waals surface area contributed by atoms with Gasteiger partial charge in [0, 0.05) is 24.0 Å². The quantitative estimate of drug-likeness (QED) is 0.859. The molecular weight excluding hydrogens is 318 g/mol. The van der Waals surface area contributed by atoms with E-state index in [2.05, 4.69) is 10.3 Å². The van der Waals surface area contributed by atoms with E-state index in [1.807, 2.05) is 20.8 Å². The SMILES string of the molecule is Cc1sc(=O)[nH]c1C(=O)NC1CCN(C(=O)OC(C)(C)C)CC1. The van der Waals surface area contributed by atoms with Crippen LogP contribution in [0.1, 0.15) is 49.0 Å². The summed E-state index contributed by atoms with van der Waals surface area (Å²) >= 11 is 1.03. The number of ether oxygens (including phenoxy) is 1. The van der Waals surface area contributed by atoms with Gasteiger partial charge in [0.2, 0.25) is 0 Å². The molecule has 2 rings (SSSR count). The van der Waals surface area contributed by atoms with Crippen LogP contribution in [0, 0.1) is 6.92 Å². The highest BCUT2D eigenvalue weighted by molar-refractivity contribution is 7.09. The summed E-state index contributed by atoms with van der Waals surface area (Å²) < 4.78 is 5.34. The number of amides is 2. The van der Waals surface area contributed by atoms with Gasteiger partial charge < -0.3 is 19.9 Å². The zero-order chi connectivity index (χ0) is 17.2. The average molecular weight is 341 g/mol. The summed E-state index contributed by atoms with van der Waals surface area (Å²) in [5, 5.41) is 2.92. The Hall–Kier alpha value is -1.83. The number of nitrogens with zero attached hydrogens (tertiary/aromatic N) is 1. The second-order valence-electron chi connectivity index (χ2n) is 6.66. The fourth-order valence-electron chi connectivity index (χ4n) is 2.41. The van der Waals surface area contributed by atoms with E-state index in [-0.39, 0.29) is 22.9 Å². The van der Waals surface area contributed by atoms with E-state index in [0.717, 1.165) is 11.3 Å². The number of H-pyrrole nitrogens is 1. The highest BCUT2D eigenvalue weighted by Gasteiger charge is 2.28. The Bertz CT molecular complexity index is 636. The zero-order valence-electron chi connectivity index (χ0n) is 13.9. The van der Waals surface area contributed by atoms with Crippen molar-refractivity contribution in [3.63, 3.8) is 0 Å². The fraction of sp³-hybridized carbons (Fsp3) is 0.667. The molecule has 128 valence electrons. The Morgan fingerprint density at radius 2 is 1.91 bits per heavy atom. The molecule has 23 heavy (non-hydrogen) atoms. The van der Waals surface area contributed by atoms with E-state index in [4.69, 9.17) is 4.74 Å². The van der Waals surface area contributed by atoms with Crippen LogP contribution in [-0.4, -0.2) is 46.6 Å². The first-order chi connectivity index (χ1) is 10.7. The van der Waals surface area contributed by atoms with Crippen molar-refractivity contribution in [2.75, 3.05) is 13.1 Å². The summed E-state index contributed by atoms with van der Waals surface area (Å²) in [6.07, 6.45) is 1.01. The summed E-state index contributed by atoms with van der Waals surface area (Å²) in [5.74, 6) is -0.267. The molecule has 0 radical (unpaired) electrons. The first-order valence-electron chi connectivity index (χ1n) is 7.64. The van der Waals surface area contributed by atoms with Gasteiger partial charge in [-0.05, 0) is 40.5 Å². The molecule has 1 aliphatic rings. The van der Waals surface area contributed by atoms with Crippen molar-refractivity contribution in [2.24, 2.45) is 0 Å². The first kappa shape index (κ1) is 17.5. The van der Waals surface area contributed by atoms with Gasteiger partial charge >= 0.3 is 11.0 Å². The third-order valence-corrected chi connectivity index (χ3v) is 4.33. The van der Waals surface area contributed by atoms with Gasteiger partial charge in [-0.2, -0.15) is 0 Å². The first-order valence-corrected chi connectivity index (χ1v) is 8.46. The van der Waals surface area contributed by atoms with Gasteiger partial charge in [-0.3, -0.25) is 9.59 Å². The minimum Gasteiger partial charge on any atom is -0.444 e. The van der Waals surface area contributed by atoms with E-state index in [1.165, 1.54) is 0 Å². The molecule has 1 fully saturated rings. The summed E-state index contributed by atoms with van der Waals surface area (Å²) in [6.45, 7) is 8.33. The molecule has 0 unspecified atom stereocenters. The Kier molecular flexibility index (Phi) is 5.13. The molecular formula is C15H23N3O4S. The van der Waals surface area contributed by atoms with Crippen molar-refractivity contribution in [3.05, 3.63) is 20.2 Å². The molecule has 0 saturated carbocycles. The van der Waals surface area contributed by atoms with Crippen molar-refractivity contribution in [3.8, 4) is 0 Å². The van der Waals surface area contributed by atoms with Crippen LogP contribution in [0.15, 0.2) is 4.79 Å². The van der Waals surface area contributed by atoms with Crippen molar-refractivity contribution in [2.45, 2.75) is 52.2 Å². The van der Waals surface area contributed by atoms with Gasteiger partial charge in [0.1, 0.15) is 11.3 Å². The normalized spacial score (nSPS) is 16.3. The third kappa shape index (κ3) is 4.82. The lowest BCUT2D eigenvalue weighted by Crippen LogP contribution is -2.48. The number of piperidine rings is 1. The number of thiazole rings is 1. The number of nitrogens with one attached hydrogen (secondary N) is 2. The lowest BCUT2D eigenvalue weighted by molar-refractivity contribution is 0.0199. The molecule has 8 heteroatoms. The Morgan fingerprint density at radius 1 is 1.30 bits per heavy atom. The van der Waals surface area contributed by atoms with E-state index >= 15 is 0 Å². The molecule has 7 nitrogen and oxygen atoms in total. The lowest BCUT2D eigenvalue weighted by atomic mass is 10.1. The molecule has 2 amide bonds. The fourth-order valence-corrected chi connectivity index (χ4v) is 3.09. The maximum atomic E-state index is 12.2. The molecule has 2 N–H and O–H groups in total. The predicted molar refractivity (Wildman–Crippen MR) is 88.0 cm³/mol. The van der Waals surface area contributed by atoms with Crippen molar-refractivity contribution >= 4 is 23.3 Å². The minimum absolute atomic E-state index is 0.0102. The largest absolute Gasteiger partial charge is 0.444 e. The summed E-state index contributed by atoms with van der Waals surface area (Å²) in [5.41, 5.74) is -0.181. The molecule has 0 aliphatic carbocycles. The molecule has 1 aromatic heterocycles. The van der Waals surface area contributed by atoms with Gasteiger partial charge in [0.05, 0.1) is 0 Å². The molecule has 2 heterocycles. The van der Waals surface area contributed by atoms with Crippen LogP contribution < -0.4 is 10.2 Å². The van der Waals surface area contributed by atoms with Crippen molar-refractivity contribution in [1.82, 2.24) is 15.2 Å². The Labute approximate surface area is 139 Å². The number of carbonyl (C=O) groups excluding carboxylic acids is 2. The number of aryl methyl sites for hydroxylation is 1. The number of rotatable bonds is 2. The van der Waals surface area contributed by atoms with E-state index < -0.39 is 5.60 Å². The van der Waals surface area contributed by atoms with Gasteiger partial charge in [0.15, 0.2) is 0 Å². The number of carbonyl (C=O) groups is 2. The standard InChI is InChI=1S/C15H23N3O4S/c1-9-11(17-13(20)23-9)12(19)16-10-5-7-18(8-6-10)14(21)22-15(2,3)4/h10H,5-8H2,1-4H3,(H,16,19)(H,17,20). The molecule has 0 aromatic carbocycles. The number of likely N-dealkylation sites (tertiary alicyclic amines) is 1. The highest BCUT2D eigenvalue weighted by atomic mass is 32.1. The molecule has 1 aliphatic heterocycles. The van der Waals surface area contributed by atoms with Gasteiger partial charge in [-0.15, -0.1) is 0 Å².